The number of alkyl halides is 2. The van der Waals surface area contributed by atoms with Crippen LogP contribution in [0, 0.1) is 0 Å². The molecule has 7 nitrogen and oxygen atoms in total. The van der Waals surface area contributed by atoms with Gasteiger partial charge in [-0.2, -0.15) is 13.9 Å². The molecule has 1 atom stereocenters. The van der Waals surface area contributed by atoms with Crippen molar-refractivity contribution >= 4 is 5.84 Å². The van der Waals surface area contributed by atoms with Crippen LogP contribution >= 0.6 is 0 Å². The van der Waals surface area contributed by atoms with Crippen molar-refractivity contribution in [1.82, 2.24) is 14.8 Å². The summed E-state index contributed by atoms with van der Waals surface area (Å²) in [5, 5.41) is 22.9. The summed E-state index contributed by atoms with van der Waals surface area (Å²) in [5.41, 5.74) is 4.73. The minimum Gasteiger partial charge on any atom is -0.409 e. The summed E-state index contributed by atoms with van der Waals surface area (Å²) in [4.78, 5) is 3.51. The van der Waals surface area contributed by atoms with Gasteiger partial charge >= 0.3 is 5.92 Å². The molecule has 0 saturated carbocycles. The lowest BCUT2D eigenvalue weighted by Gasteiger charge is -2.20. The van der Waals surface area contributed by atoms with Crippen LogP contribution in [0.15, 0.2) is 17.8 Å². The van der Waals surface area contributed by atoms with Gasteiger partial charge in [0.05, 0.1) is 6.54 Å². The van der Waals surface area contributed by atoms with Crippen LogP contribution < -0.4 is 5.73 Å². The van der Waals surface area contributed by atoms with E-state index in [4.69, 9.17) is 16.0 Å². The summed E-state index contributed by atoms with van der Waals surface area (Å²) < 4.78 is 27.2. The van der Waals surface area contributed by atoms with E-state index in [1.807, 2.05) is 0 Å². The van der Waals surface area contributed by atoms with Crippen molar-refractivity contribution in [2.75, 3.05) is 0 Å². The number of aliphatic hydroxyl groups is 1. The third-order valence-corrected chi connectivity index (χ3v) is 1.69. The minimum atomic E-state index is -3.82. The number of oxime groups is 1. The average molecular weight is 221 g/mol. The normalized spacial score (nSPS) is 15.3. The first-order valence-electron chi connectivity index (χ1n) is 3.84. The van der Waals surface area contributed by atoms with Gasteiger partial charge in [0.1, 0.15) is 18.8 Å². The second-order valence-corrected chi connectivity index (χ2v) is 2.74. The van der Waals surface area contributed by atoms with Crippen molar-refractivity contribution in [1.29, 1.82) is 0 Å². The summed E-state index contributed by atoms with van der Waals surface area (Å²) >= 11 is 0. The second kappa shape index (κ2) is 4.17. The number of halogens is 2. The van der Waals surface area contributed by atoms with Crippen molar-refractivity contribution < 1.29 is 19.1 Å². The van der Waals surface area contributed by atoms with Gasteiger partial charge in [-0.25, -0.2) is 4.98 Å². The summed E-state index contributed by atoms with van der Waals surface area (Å²) in [6.45, 7) is -0.511. The van der Waals surface area contributed by atoms with Crippen molar-refractivity contribution in [2.24, 2.45) is 10.9 Å². The fraction of sp³-hybridized carbons (Fsp3) is 0.500. The highest BCUT2D eigenvalue weighted by Crippen LogP contribution is 2.19. The van der Waals surface area contributed by atoms with Gasteiger partial charge in [0, 0.05) is 0 Å². The molecule has 1 aromatic heterocycles. The van der Waals surface area contributed by atoms with Crippen LogP contribution in [0.5, 0.6) is 0 Å². The van der Waals surface area contributed by atoms with Gasteiger partial charge in [0.2, 0.25) is 5.84 Å². The number of nitrogens with zero attached hydrogens (tertiary/aromatic N) is 4. The van der Waals surface area contributed by atoms with Gasteiger partial charge in [-0.3, -0.25) is 4.68 Å². The molecule has 1 aromatic rings. The maximum Gasteiger partial charge on any atom is 0.334 e. The largest absolute Gasteiger partial charge is 0.409 e. The van der Waals surface area contributed by atoms with E-state index in [1.54, 1.807) is 0 Å². The Bertz CT molecular complexity index is 339. The minimum absolute atomic E-state index is 0.511. The quantitative estimate of drug-likeness (QED) is 0.262. The van der Waals surface area contributed by atoms with Gasteiger partial charge < -0.3 is 16.0 Å². The van der Waals surface area contributed by atoms with Crippen LogP contribution in [0.1, 0.15) is 0 Å². The predicted octanol–water partition coefficient (Wildman–Crippen LogP) is -0.979. The first kappa shape index (κ1) is 11.3. The standard InChI is InChI=1S/C6H9F2N5O2/c7-6(8,5(9)12-15)4(14)1-13-3-10-2-11-13/h2-4,14-15H,1H2,(H2,9,12). The molecule has 15 heavy (non-hydrogen) atoms. The molecular formula is C6H9F2N5O2. The zero-order valence-corrected chi connectivity index (χ0v) is 7.46. The van der Waals surface area contributed by atoms with E-state index in [-0.39, 0.29) is 0 Å². The maximum atomic E-state index is 13.1. The number of amidine groups is 1. The average Bonchev–Trinajstić information content (AvgIpc) is 2.68. The molecule has 1 rings (SSSR count). The Morgan fingerprint density at radius 3 is 2.80 bits per heavy atom. The smallest absolute Gasteiger partial charge is 0.334 e. The van der Waals surface area contributed by atoms with Gasteiger partial charge in [-0.05, 0) is 0 Å². The van der Waals surface area contributed by atoms with E-state index in [2.05, 4.69) is 15.2 Å². The molecule has 0 aromatic carbocycles. The molecule has 1 unspecified atom stereocenters. The third-order valence-electron chi connectivity index (χ3n) is 1.69. The number of nitrogens with two attached hydrogens (primary N) is 1. The number of aromatic nitrogens is 3. The number of hydrogen-bond acceptors (Lipinski definition) is 5. The van der Waals surface area contributed by atoms with Crippen LogP contribution in [-0.4, -0.2) is 42.9 Å². The Morgan fingerprint density at radius 2 is 2.33 bits per heavy atom. The molecule has 1 heterocycles. The lowest BCUT2D eigenvalue weighted by molar-refractivity contribution is -0.0643. The number of hydrogen-bond donors (Lipinski definition) is 3. The molecule has 4 N–H and O–H groups in total. The zero-order valence-electron chi connectivity index (χ0n) is 7.46. The zero-order chi connectivity index (χ0) is 11.5. The monoisotopic (exact) mass is 221 g/mol. The summed E-state index contributed by atoms with van der Waals surface area (Å²) in [7, 11) is 0. The lowest BCUT2D eigenvalue weighted by atomic mass is 10.2. The molecule has 0 aliphatic carbocycles. The molecule has 0 bridgehead atoms. The van der Waals surface area contributed by atoms with Crippen LogP contribution in [0.3, 0.4) is 0 Å². The molecule has 0 aliphatic rings. The Labute approximate surface area is 82.8 Å². The molecule has 0 fully saturated rings. The first-order valence-corrected chi connectivity index (χ1v) is 3.84. The summed E-state index contributed by atoms with van der Waals surface area (Å²) in [6.07, 6.45) is 0.148. The van der Waals surface area contributed by atoms with E-state index in [0.717, 1.165) is 17.3 Å². The van der Waals surface area contributed by atoms with E-state index in [0.29, 0.717) is 0 Å². The highest BCUT2D eigenvalue weighted by atomic mass is 19.3. The molecule has 0 aliphatic heterocycles. The van der Waals surface area contributed by atoms with Gasteiger partial charge in [-0.1, -0.05) is 5.16 Å². The predicted molar refractivity (Wildman–Crippen MR) is 44.4 cm³/mol. The van der Waals surface area contributed by atoms with Crippen molar-refractivity contribution in [3.63, 3.8) is 0 Å². The molecule has 0 amide bonds. The van der Waals surface area contributed by atoms with E-state index < -0.39 is 24.4 Å². The Hall–Kier alpha value is -1.77. The first-order chi connectivity index (χ1) is 6.98. The molecule has 9 heteroatoms. The fourth-order valence-electron chi connectivity index (χ4n) is 0.856. The Balaban J connectivity index is 2.72. The lowest BCUT2D eigenvalue weighted by Crippen LogP contribution is -2.47. The topological polar surface area (TPSA) is 110 Å². The molecular weight excluding hydrogens is 212 g/mol. The van der Waals surface area contributed by atoms with Crippen molar-refractivity contribution in [3.8, 4) is 0 Å². The van der Waals surface area contributed by atoms with Crippen LogP contribution in [0.2, 0.25) is 0 Å². The fourth-order valence-corrected chi connectivity index (χ4v) is 0.856. The molecule has 0 saturated heterocycles. The SMILES string of the molecule is N/C(=N\O)C(F)(F)C(O)Cn1cncn1. The van der Waals surface area contributed by atoms with E-state index >= 15 is 0 Å². The third kappa shape index (κ3) is 2.37. The van der Waals surface area contributed by atoms with Crippen LogP contribution in [0.25, 0.3) is 0 Å². The van der Waals surface area contributed by atoms with Gasteiger partial charge in [0.15, 0.2) is 0 Å². The van der Waals surface area contributed by atoms with E-state index in [1.165, 1.54) is 0 Å². The van der Waals surface area contributed by atoms with Crippen molar-refractivity contribution in [3.05, 3.63) is 12.7 Å². The molecule has 0 spiro atoms. The Kier molecular flexibility index (Phi) is 3.14. The summed E-state index contributed by atoms with van der Waals surface area (Å²) in [5.74, 6) is -5.17. The Morgan fingerprint density at radius 1 is 1.67 bits per heavy atom. The van der Waals surface area contributed by atoms with Crippen LogP contribution in [-0.2, 0) is 6.54 Å². The van der Waals surface area contributed by atoms with Crippen LogP contribution in [0.4, 0.5) is 8.78 Å². The van der Waals surface area contributed by atoms with Gasteiger partial charge in [0.25, 0.3) is 0 Å². The maximum absolute atomic E-state index is 13.1. The highest BCUT2D eigenvalue weighted by Gasteiger charge is 2.43. The highest BCUT2D eigenvalue weighted by molar-refractivity contribution is 5.87. The number of aliphatic hydroxyl groups excluding tert-OH is 1. The molecule has 0 radical (unpaired) electrons. The van der Waals surface area contributed by atoms with E-state index in [9.17, 15) is 8.78 Å². The van der Waals surface area contributed by atoms with Crippen molar-refractivity contribution in [2.45, 2.75) is 18.6 Å². The molecule has 84 valence electrons. The number of rotatable bonds is 4. The summed E-state index contributed by atoms with van der Waals surface area (Å²) in [6, 6.07) is 0. The second-order valence-electron chi connectivity index (χ2n) is 2.74. The van der Waals surface area contributed by atoms with Gasteiger partial charge in [-0.15, -0.1) is 0 Å².